The lowest BCUT2D eigenvalue weighted by molar-refractivity contribution is -1.16. The molecule has 0 radical (unpaired) electrons. The van der Waals surface area contributed by atoms with E-state index in [9.17, 15) is 0 Å². The lowest BCUT2D eigenvalue weighted by Crippen LogP contribution is -2.59. The maximum Gasteiger partial charge on any atom is 0.319 e. The Balaban J connectivity index is 1.24. The fraction of sp³-hybridized carbons (Fsp3) is 0.469. The van der Waals surface area contributed by atoms with E-state index in [2.05, 4.69) is 15.2 Å². The fourth-order valence-electron chi connectivity index (χ4n) is 8.18. The second kappa shape index (κ2) is 10.5. The SMILES string of the molecule is COO[N+]12CCCC1(COc1nc(N3CC4CCC(C3)N4)c3cnc(-c4cccc5cccc(Cl)c45)c(F)c3n1)CCC2. The molecule has 8 rings (SSSR count). The van der Waals surface area contributed by atoms with Crippen molar-refractivity contribution < 1.29 is 23.6 Å². The van der Waals surface area contributed by atoms with E-state index in [0.717, 1.165) is 75.5 Å². The zero-order chi connectivity index (χ0) is 29.2. The Morgan fingerprint density at radius 2 is 1.81 bits per heavy atom. The molecule has 4 aromatic rings. The summed E-state index contributed by atoms with van der Waals surface area (Å²) in [5, 5.41) is 6.48. The molecule has 224 valence electrons. The van der Waals surface area contributed by atoms with Crippen molar-refractivity contribution in [3.63, 3.8) is 0 Å². The van der Waals surface area contributed by atoms with E-state index >= 15 is 4.39 Å². The van der Waals surface area contributed by atoms with Crippen molar-refractivity contribution in [3.8, 4) is 17.3 Å². The average molecular weight is 606 g/mol. The number of ether oxygens (including phenoxy) is 1. The molecule has 2 aromatic carbocycles. The molecular formula is C32H35ClFN6O3+. The minimum atomic E-state index is -0.510. The molecule has 9 nitrogen and oxygen atoms in total. The second-order valence-electron chi connectivity index (χ2n) is 12.5. The first-order valence-corrected chi connectivity index (χ1v) is 15.6. The molecule has 1 N–H and O–H groups in total. The second-order valence-corrected chi connectivity index (χ2v) is 12.9. The number of halogens is 2. The number of fused-ring (bicyclic) bond motifs is 5. The van der Waals surface area contributed by atoms with Gasteiger partial charge in [0.05, 0.1) is 12.5 Å². The molecule has 0 aliphatic carbocycles. The third kappa shape index (κ3) is 4.37. The molecule has 4 aliphatic heterocycles. The number of hydroxylamine groups is 3. The topological polar surface area (TPSA) is 81.6 Å². The number of hydrogen-bond acceptors (Lipinski definition) is 8. The quantitative estimate of drug-likeness (QED) is 0.166. The van der Waals surface area contributed by atoms with Crippen LogP contribution in [0.4, 0.5) is 10.2 Å². The Morgan fingerprint density at radius 1 is 1.07 bits per heavy atom. The van der Waals surface area contributed by atoms with Gasteiger partial charge in [-0.15, -0.1) is 4.65 Å². The lowest BCUT2D eigenvalue weighted by atomic mass is 9.95. The Labute approximate surface area is 254 Å². The molecule has 6 heterocycles. The van der Waals surface area contributed by atoms with Gasteiger partial charge in [-0.3, -0.25) is 4.98 Å². The summed E-state index contributed by atoms with van der Waals surface area (Å²) in [7, 11) is 1.56. The first-order valence-electron chi connectivity index (χ1n) is 15.3. The monoisotopic (exact) mass is 605 g/mol. The molecule has 2 atom stereocenters. The van der Waals surface area contributed by atoms with Crippen LogP contribution in [-0.2, 0) is 9.88 Å². The van der Waals surface area contributed by atoms with Gasteiger partial charge in [0.1, 0.15) is 36.7 Å². The number of rotatable bonds is 7. The Bertz CT molecular complexity index is 1690. The molecule has 2 bridgehead atoms. The Morgan fingerprint density at radius 3 is 2.56 bits per heavy atom. The van der Waals surface area contributed by atoms with Gasteiger partial charge in [-0.2, -0.15) is 14.9 Å². The highest BCUT2D eigenvalue weighted by atomic mass is 35.5. The summed E-state index contributed by atoms with van der Waals surface area (Å²) in [5.74, 6) is 0.154. The third-order valence-corrected chi connectivity index (χ3v) is 10.5. The van der Waals surface area contributed by atoms with E-state index in [1.54, 1.807) is 13.3 Å². The molecule has 2 aromatic heterocycles. The zero-order valence-electron chi connectivity index (χ0n) is 24.2. The summed E-state index contributed by atoms with van der Waals surface area (Å²) in [6.45, 7) is 3.70. The van der Waals surface area contributed by atoms with Crippen LogP contribution in [0.2, 0.25) is 5.02 Å². The molecule has 4 fully saturated rings. The van der Waals surface area contributed by atoms with Gasteiger partial charge in [0.15, 0.2) is 11.4 Å². The van der Waals surface area contributed by atoms with Crippen molar-refractivity contribution in [1.82, 2.24) is 20.3 Å². The highest BCUT2D eigenvalue weighted by molar-refractivity contribution is 6.36. The smallest absolute Gasteiger partial charge is 0.319 e. The van der Waals surface area contributed by atoms with Crippen LogP contribution in [0.1, 0.15) is 38.5 Å². The summed E-state index contributed by atoms with van der Waals surface area (Å²) in [4.78, 5) is 27.6. The number of pyridine rings is 1. The van der Waals surface area contributed by atoms with E-state index in [-0.39, 0.29) is 22.8 Å². The zero-order valence-corrected chi connectivity index (χ0v) is 24.9. The minimum absolute atomic E-state index is 0.170. The van der Waals surface area contributed by atoms with Gasteiger partial charge < -0.3 is 15.0 Å². The Hall–Kier alpha value is -3.15. The van der Waals surface area contributed by atoms with Crippen molar-refractivity contribution in [2.45, 2.75) is 56.1 Å². The van der Waals surface area contributed by atoms with E-state index < -0.39 is 5.82 Å². The number of aromatic nitrogens is 3. The number of nitrogens with zero attached hydrogens (tertiary/aromatic N) is 5. The van der Waals surface area contributed by atoms with Crippen LogP contribution in [-0.4, -0.2) is 77.1 Å². The van der Waals surface area contributed by atoms with Gasteiger partial charge in [-0.25, -0.2) is 4.39 Å². The summed E-state index contributed by atoms with van der Waals surface area (Å²) >= 11 is 6.62. The fourth-order valence-corrected chi connectivity index (χ4v) is 8.46. The van der Waals surface area contributed by atoms with Gasteiger partial charge >= 0.3 is 6.01 Å². The number of anilines is 1. The first kappa shape index (κ1) is 27.4. The molecule has 4 saturated heterocycles. The van der Waals surface area contributed by atoms with Crippen molar-refractivity contribution in [2.75, 3.05) is 44.8 Å². The van der Waals surface area contributed by atoms with Gasteiger partial charge in [-0.05, 0) is 29.3 Å². The molecule has 4 aliphatic rings. The van der Waals surface area contributed by atoms with Crippen molar-refractivity contribution >= 4 is 39.1 Å². The molecular weight excluding hydrogens is 571 g/mol. The predicted octanol–water partition coefficient (Wildman–Crippen LogP) is 5.59. The van der Waals surface area contributed by atoms with E-state index in [0.29, 0.717) is 45.1 Å². The number of piperazine rings is 1. The molecule has 0 amide bonds. The van der Waals surface area contributed by atoms with Gasteiger partial charge in [0.2, 0.25) is 0 Å². The third-order valence-electron chi connectivity index (χ3n) is 10.1. The van der Waals surface area contributed by atoms with Crippen LogP contribution in [0.5, 0.6) is 6.01 Å². The molecule has 43 heavy (non-hydrogen) atoms. The van der Waals surface area contributed by atoms with Crippen molar-refractivity contribution in [3.05, 3.63) is 53.4 Å². The van der Waals surface area contributed by atoms with Gasteiger partial charge in [0, 0.05) is 73.0 Å². The summed E-state index contributed by atoms with van der Waals surface area (Å²) in [6, 6.07) is 12.3. The number of quaternary nitrogens is 1. The van der Waals surface area contributed by atoms with Crippen LogP contribution in [0.3, 0.4) is 0 Å². The number of nitrogens with one attached hydrogen (secondary N) is 1. The van der Waals surface area contributed by atoms with Gasteiger partial charge in [-0.1, -0.05) is 41.9 Å². The van der Waals surface area contributed by atoms with Crippen LogP contribution >= 0.6 is 11.6 Å². The number of benzene rings is 2. The summed E-state index contributed by atoms with van der Waals surface area (Å²) < 4.78 is 23.6. The summed E-state index contributed by atoms with van der Waals surface area (Å²) in [6.07, 6.45) is 7.91. The normalized spacial score (nSPS) is 28.2. The first-order chi connectivity index (χ1) is 21.0. The lowest BCUT2D eigenvalue weighted by Gasteiger charge is -2.38. The molecule has 11 heteroatoms. The highest BCUT2D eigenvalue weighted by Gasteiger charge is 2.62. The van der Waals surface area contributed by atoms with Crippen molar-refractivity contribution in [2.24, 2.45) is 0 Å². The largest absolute Gasteiger partial charge is 0.457 e. The van der Waals surface area contributed by atoms with Crippen molar-refractivity contribution in [1.29, 1.82) is 0 Å². The maximum absolute atomic E-state index is 16.7. The maximum atomic E-state index is 16.7. The van der Waals surface area contributed by atoms with E-state index in [4.69, 9.17) is 36.2 Å². The van der Waals surface area contributed by atoms with Crippen LogP contribution in [0.15, 0.2) is 42.6 Å². The molecule has 0 spiro atoms. The number of hydrogen-bond donors (Lipinski definition) is 1. The molecule has 2 unspecified atom stereocenters. The van der Waals surface area contributed by atoms with E-state index in [1.165, 1.54) is 0 Å². The molecule has 0 saturated carbocycles. The summed E-state index contributed by atoms with van der Waals surface area (Å²) in [5.41, 5.74) is 0.783. The van der Waals surface area contributed by atoms with Gasteiger partial charge in [0.25, 0.3) is 0 Å². The van der Waals surface area contributed by atoms with Crippen LogP contribution in [0.25, 0.3) is 32.9 Å². The highest BCUT2D eigenvalue weighted by Crippen LogP contribution is 2.47. The van der Waals surface area contributed by atoms with Crippen LogP contribution < -0.4 is 15.0 Å². The van der Waals surface area contributed by atoms with Crippen LogP contribution in [0, 0.1) is 5.82 Å². The Kier molecular flexibility index (Phi) is 6.68. The minimum Gasteiger partial charge on any atom is -0.457 e. The average Bonchev–Trinajstić information content (AvgIpc) is 3.65. The standard InChI is InChI=1S/C32H35ClFN6O3/c1-41-43-40-14-4-12-32(40,13-5-15-40)19-42-31-37-29-24(30(38-31)39-17-21-10-11-22(18-39)36-21)16-35-28(27(29)34)23-8-2-6-20-7-3-9-25(33)26(20)23/h2-3,6-9,16,21-22,36H,4-5,10-15,17-19H2,1H3/q+1. The predicted molar refractivity (Wildman–Crippen MR) is 162 cm³/mol. The van der Waals surface area contributed by atoms with E-state index in [1.807, 2.05) is 36.4 Å².